The van der Waals surface area contributed by atoms with E-state index in [0.717, 1.165) is 10.0 Å². The average Bonchev–Trinajstić information content (AvgIpc) is 2.89. The molecule has 2 heterocycles. The first kappa shape index (κ1) is 18.4. The molecule has 7 heteroatoms. The Morgan fingerprint density at radius 1 is 1.35 bits per heavy atom. The summed E-state index contributed by atoms with van der Waals surface area (Å²) < 4.78 is 7.84. The van der Waals surface area contributed by atoms with Crippen LogP contribution < -0.4 is 10.9 Å². The van der Waals surface area contributed by atoms with Crippen LogP contribution in [0.4, 0.5) is 5.69 Å². The lowest BCUT2D eigenvalue weighted by molar-refractivity contribution is 0.102. The number of fused-ring (bicyclic) bond motifs is 1. The molecule has 1 aromatic carbocycles. The molecule has 26 heavy (non-hydrogen) atoms. The molecule has 0 aliphatic carbocycles. The minimum atomic E-state index is -0.396. The molecular weight excluding hydrogens is 398 g/mol. The molecule has 2 aromatic heterocycles. The van der Waals surface area contributed by atoms with Gasteiger partial charge < -0.3 is 9.73 Å². The molecule has 0 aliphatic rings. The number of hydrogen-bond acceptors (Lipinski definition) is 4. The molecule has 0 bridgehead atoms. The summed E-state index contributed by atoms with van der Waals surface area (Å²) in [4.78, 5) is 29.9. The Balaban J connectivity index is 2.07. The smallest absolute Gasteiger partial charge is 0.265 e. The maximum absolute atomic E-state index is 12.9. The van der Waals surface area contributed by atoms with Crippen LogP contribution in [0.1, 0.15) is 35.5 Å². The standard InChI is InChI=1S/C19H20BrN3O3/c1-10(2)8-23-9-21-18-16(19(23)25)15(12(4)26-18)17(24)22-14-6-5-11(3)7-13(14)20/h5-7,9-10H,8H2,1-4H3,(H,22,24). The van der Waals surface area contributed by atoms with Crippen molar-refractivity contribution in [2.75, 3.05) is 5.32 Å². The van der Waals surface area contributed by atoms with Gasteiger partial charge in [0.25, 0.3) is 11.5 Å². The highest BCUT2D eigenvalue weighted by molar-refractivity contribution is 9.10. The lowest BCUT2D eigenvalue weighted by Gasteiger charge is -2.09. The van der Waals surface area contributed by atoms with Crippen molar-refractivity contribution >= 4 is 38.6 Å². The summed E-state index contributed by atoms with van der Waals surface area (Å²) in [7, 11) is 0. The highest BCUT2D eigenvalue weighted by Crippen LogP contribution is 2.26. The van der Waals surface area contributed by atoms with Crippen LogP contribution in [0.3, 0.4) is 0 Å². The Morgan fingerprint density at radius 2 is 2.08 bits per heavy atom. The largest absolute Gasteiger partial charge is 0.442 e. The van der Waals surface area contributed by atoms with Gasteiger partial charge in [0.2, 0.25) is 5.71 Å². The molecule has 136 valence electrons. The molecule has 0 saturated carbocycles. The van der Waals surface area contributed by atoms with Gasteiger partial charge in [0.15, 0.2) is 0 Å². The lowest BCUT2D eigenvalue weighted by Crippen LogP contribution is -2.24. The van der Waals surface area contributed by atoms with E-state index < -0.39 is 5.91 Å². The zero-order chi connectivity index (χ0) is 19.0. The van der Waals surface area contributed by atoms with Crippen LogP contribution in [-0.4, -0.2) is 15.5 Å². The van der Waals surface area contributed by atoms with Crippen molar-refractivity contribution < 1.29 is 9.21 Å². The third kappa shape index (κ3) is 3.44. The summed E-state index contributed by atoms with van der Waals surface area (Å²) >= 11 is 3.44. The highest BCUT2D eigenvalue weighted by atomic mass is 79.9. The number of halogens is 1. The molecule has 0 spiro atoms. The number of nitrogens with one attached hydrogen (secondary N) is 1. The van der Waals surface area contributed by atoms with Crippen LogP contribution in [0.5, 0.6) is 0 Å². The first-order valence-electron chi connectivity index (χ1n) is 8.34. The van der Waals surface area contributed by atoms with Gasteiger partial charge in [-0.3, -0.25) is 14.2 Å². The van der Waals surface area contributed by atoms with E-state index in [2.05, 4.69) is 26.2 Å². The van der Waals surface area contributed by atoms with Crippen molar-refractivity contribution in [1.29, 1.82) is 0 Å². The Labute approximate surface area is 159 Å². The van der Waals surface area contributed by atoms with Gasteiger partial charge in [-0.25, -0.2) is 4.98 Å². The molecule has 3 rings (SSSR count). The Hall–Kier alpha value is -2.41. The van der Waals surface area contributed by atoms with Gasteiger partial charge in [-0.1, -0.05) is 19.9 Å². The van der Waals surface area contributed by atoms with Gasteiger partial charge in [-0.05, 0) is 53.4 Å². The predicted octanol–water partition coefficient (Wildman–Crippen LogP) is 4.28. The van der Waals surface area contributed by atoms with Crippen LogP contribution in [0.2, 0.25) is 0 Å². The number of anilines is 1. The van der Waals surface area contributed by atoms with E-state index in [1.54, 1.807) is 6.92 Å². The maximum atomic E-state index is 12.9. The number of carbonyl (C=O) groups excluding carboxylic acids is 1. The van der Waals surface area contributed by atoms with E-state index in [-0.39, 0.29) is 28.1 Å². The van der Waals surface area contributed by atoms with Gasteiger partial charge in [0, 0.05) is 11.0 Å². The van der Waals surface area contributed by atoms with E-state index >= 15 is 0 Å². The highest BCUT2D eigenvalue weighted by Gasteiger charge is 2.23. The summed E-state index contributed by atoms with van der Waals surface area (Å²) in [6, 6.07) is 5.62. The van der Waals surface area contributed by atoms with Crippen LogP contribution in [0.25, 0.3) is 11.1 Å². The fourth-order valence-electron chi connectivity index (χ4n) is 2.84. The SMILES string of the molecule is Cc1ccc(NC(=O)c2c(C)oc3ncn(CC(C)C)c(=O)c23)c(Br)c1. The summed E-state index contributed by atoms with van der Waals surface area (Å²) in [5, 5.41) is 3.05. The fourth-order valence-corrected chi connectivity index (χ4v) is 3.43. The van der Waals surface area contributed by atoms with Crippen LogP contribution in [-0.2, 0) is 6.54 Å². The normalized spacial score (nSPS) is 11.3. The molecule has 1 amide bonds. The van der Waals surface area contributed by atoms with Crippen LogP contribution >= 0.6 is 15.9 Å². The van der Waals surface area contributed by atoms with E-state index in [4.69, 9.17) is 4.42 Å². The summed E-state index contributed by atoms with van der Waals surface area (Å²) in [6.07, 6.45) is 1.46. The Kier molecular flexibility index (Phi) is 5.00. The third-order valence-corrected chi connectivity index (χ3v) is 4.67. The molecule has 0 atom stereocenters. The molecule has 0 aliphatic heterocycles. The monoisotopic (exact) mass is 417 g/mol. The lowest BCUT2D eigenvalue weighted by atomic mass is 10.1. The number of hydrogen-bond donors (Lipinski definition) is 1. The number of aromatic nitrogens is 2. The average molecular weight is 418 g/mol. The van der Waals surface area contributed by atoms with Gasteiger partial charge in [0.05, 0.1) is 11.3 Å². The number of rotatable bonds is 4. The predicted molar refractivity (Wildman–Crippen MR) is 105 cm³/mol. The topological polar surface area (TPSA) is 77.1 Å². The first-order chi connectivity index (χ1) is 12.3. The first-order valence-corrected chi connectivity index (χ1v) is 9.13. The number of carbonyl (C=O) groups is 1. The van der Waals surface area contributed by atoms with Crippen molar-refractivity contribution in [1.82, 2.24) is 9.55 Å². The molecule has 0 radical (unpaired) electrons. The zero-order valence-corrected chi connectivity index (χ0v) is 16.7. The number of benzene rings is 1. The maximum Gasteiger partial charge on any atom is 0.265 e. The number of furan rings is 1. The van der Waals surface area contributed by atoms with Crippen molar-refractivity contribution in [2.24, 2.45) is 5.92 Å². The van der Waals surface area contributed by atoms with E-state index in [1.165, 1.54) is 10.9 Å². The molecule has 3 aromatic rings. The molecule has 1 N–H and O–H groups in total. The summed E-state index contributed by atoms with van der Waals surface area (Å²) in [5.41, 5.74) is 1.83. The molecule has 0 fully saturated rings. The van der Waals surface area contributed by atoms with Crippen molar-refractivity contribution in [3.63, 3.8) is 0 Å². The third-order valence-electron chi connectivity index (χ3n) is 4.02. The van der Waals surface area contributed by atoms with Crippen molar-refractivity contribution in [2.45, 2.75) is 34.2 Å². The quantitative estimate of drug-likeness (QED) is 0.686. The second-order valence-corrected chi connectivity index (χ2v) is 7.60. The van der Waals surface area contributed by atoms with Gasteiger partial charge in [-0.15, -0.1) is 0 Å². The summed E-state index contributed by atoms with van der Waals surface area (Å²) in [5.74, 6) is 0.250. The second kappa shape index (κ2) is 7.07. The van der Waals surface area contributed by atoms with E-state index in [9.17, 15) is 9.59 Å². The van der Waals surface area contributed by atoms with Gasteiger partial charge >= 0.3 is 0 Å². The Morgan fingerprint density at radius 3 is 2.73 bits per heavy atom. The number of aryl methyl sites for hydroxylation is 2. The van der Waals surface area contributed by atoms with E-state index in [0.29, 0.717) is 18.0 Å². The van der Waals surface area contributed by atoms with Crippen LogP contribution in [0, 0.1) is 19.8 Å². The minimum Gasteiger partial charge on any atom is -0.442 e. The van der Waals surface area contributed by atoms with Crippen LogP contribution in [0.15, 0.2) is 38.2 Å². The van der Waals surface area contributed by atoms with Gasteiger partial charge in [0.1, 0.15) is 17.5 Å². The minimum absolute atomic E-state index is 0.181. The van der Waals surface area contributed by atoms with Crippen molar-refractivity contribution in [3.05, 3.63) is 56.2 Å². The fraction of sp³-hybridized carbons (Fsp3) is 0.316. The molecule has 0 unspecified atom stereocenters. The molecule has 0 saturated heterocycles. The van der Waals surface area contributed by atoms with Crippen molar-refractivity contribution in [3.8, 4) is 0 Å². The Bertz CT molecular complexity index is 1050. The molecule has 6 nitrogen and oxygen atoms in total. The van der Waals surface area contributed by atoms with E-state index in [1.807, 2.05) is 39.0 Å². The summed E-state index contributed by atoms with van der Waals surface area (Å²) in [6.45, 7) is 8.18. The zero-order valence-electron chi connectivity index (χ0n) is 15.1. The number of amides is 1. The second-order valence-electron chi connectivity index (χ2n) is 6.75. The molecular formula is C19H20BrN3O3. The number of nitrogens with zero attached hydrogens (tertiary/aromatic N) is 2. The van der Waals surface area contributed by atoms with Gasteiger partial charge in [-0.2, -0.15) is 0 Å².